The highest BCUT2D eigenvalue weighted by atomic mass is 16.5. The standard InChI is InChI=1S/C14H29N3O2/c1-3-16-5-7-18-13(11-16)9-15-10-14-12-17(4-2)6-8-19-14/h13-15H,3-12H2,1-2H3. The van der Waals surface area contributed by atoms with Crippen LogP contribution in [0.15, 0.2) is 0 Å². The molecule has 0 spiro atoms. The van der Waals surface area contributed by atoms with Gasteiger partial charge in [0, 0.05) is 39.3 Å². The third-order valence-corrected chi connectivity index (χ3v) is 4.08. The molecule has 5 heteroatoms. The minimum Gasteiger partial charge on any atom is -0.374 e. The fourth-order valence-electron chi connectivity index (χ4n) is 2.79. The van der Waals surface area contributed by atoms with Gasteiger partial charge in [0.1, 0.15) is 0 Å². The zero-order valence-electron chi connectivity index (χ0n) is 12.4. The van der Waals surface area contributed by atoms with E-state index in [1.165, 1.54) is 0 Å². The predicted molar refractivity (Wildman–Crippen MR) is 76.6 cm³/mol. The lowest BCUT2D eigenvalue weighted by Crippen LogP contribution is -2.50. The number of nitrogens with zero attached hydrogens (tertiary/aromatic N) is 2. The van der Waals surface area contributed by atoms with Gasteiger partial charge in [0.2, 0.25) is 0 Å². The fourth-order valence-corrected chi connectivity index (χ4v) is 2.79. The third-order valence-electron chi connectivity index (χ3n) is 4.08. The van der Waals surface area contributed by atoms with Crippen LogP contribution in [0.1, 0.15) is 13.8 Å². The van der Waals surface area contributed by atoms with Gasteiger partial charge in [-0.25, -0.2) is 0 Å². The van der Waals surface area contributed by atoms with Gasteiger partial charge >= 0.3 is 0 Å². The summed E-state index contributed by atoms with van der Waals surface area (Å²) in [5, 5.41) is 3.51. The monoisotopic (exact) mass is 271 g/mol. The summed E-state index contributed by atoms with van der Waals surface area (Å²) < 4.78 is 11.6. The van der Waals surface area contributed by atoms with E-state index in [9.17, 15) is 0 Å². The van der Waals surface area contributed by atoms with E-state index in [0.717, 1.165) is 65.6 Å². The van der Waals surface area contributed by atoms with Crippen molar-refractivity contribution in [3.8, 4) is 0 Å². The average molecular weight is 271 g/mol. The number of likely N-dealkylation sites (N-methyl/N-ethyl adjacent to an activating group) is 2. The first-order valence-electron chi connectivity index (χ1n) is 7.70. The lowest BCUT2D eigenvalue weighted by molar-refractivity contribution is -0.0381. The topological polar surface area (TPSA) is 37.0 Å². The fraction of sp³-hybridized carbons (Fsp3) is 1.00. The SMILES string of the molecule is CCN1CCOC(CNCC2CN(CC)CCO2)C1. The van der Waals surface area contributed by atoms with Crippen LogP contribution in [0.5, 0.6) is 0 Å². The molecular weight excluding hydrogens is 242 g/mol. The molecule has 0 saturated carbocycles. The summed E-state index contributed by atoms with van der Waals surface area (Å²) in [5.74, 6) is 0. The largest absolute Gasteiger partial charge is 0.374 e. The Bertz CT molecular complexity index is 229. The van der Waals surface area contributed by atoms with Gasteiger partial charge in [0.15, 0.2) is 0 Å². The third kappa shape index (κ3) is 5.00. The summed E-state index contributed by atoms with van der Waals surface area (Å²) in [6.45, 7) is 14.5. The van der Waals surface area contributed by atoms with Crippen molar-refractivity contribution in [1.29, 1.82) is 0 Å². The van der Waals surface area contributed by atoms with Gasteiger partial charge in [0.25, 0.3) is 0 Å². The van der Waals surface area contributed by atoms with Crippen molar-refractivity contribution in [2.45, 2.75) is 26.1 Å². The minimum absolute atomic E-state index is 0.333. The molecule has 0 radical (unpaired) electrons. The first kappa shape index (κ1) is 15.2. The molecule has 112 valence electrons. The van der Waals surface area contributed by atoms with Crippen LogP contribution >= 0.6 is 0 Å². The molecule has 2 aliphatic rings. The highest BCUT2D eigenvalue weighted by Crippen LogP contribution is 2.05. The van der Waals surface area contributed by atoms with Crippen LogP contribution in [-0.4, -0.2) is 87.6 Å². The average Bonchev–Trinajstić information content (AvgIpc) is 2.48. The van der Waals surface area contributed by atoms with Crippen LogP contribution in [-0.2, 0) is 9.47 Å². The van der Waals surface area contributed by atoms with Crippen molar-refractivity contribution in [2.24, 2.45) is 0 Å². The zero-order chi connectivity index (χ0) is 13.5. The molecule has 2 atom stereocenters. The van der Waals surface area contributed by atoms with E-state index in [1.807, 2.05) is 0 Å². The summed E-state index contributed by atoms with van der Waals surface area (Å²) in [6, 6.07) is 0. The maximum absolute atomic E-state index is 5.79. The molecule has 0 bridgehead atoms. The quantitative estimate of drug-likeness (QED) is 0.737. The van der Waals surface area contributed by atoms with Gasteiger partial charge < -0.3 is 14.8 Å². The molecule has 0 aliphatic carbocycles. The highest BCUT2D eigenvalue weighted by Gasteiger charge is 2.21. The molecule has 2 saturated heterocycles. The van der Waals surface area contributed by atoms with E-state index in [-0.39, 0.29) is 0 Å². The number of rotatable bonds is 6. The molecule has 0 aromatic rings. The van der Waals surface area contributed by atoms with Crippen molar-refractivity contribution >= 4 is 0 Å². The van der Waals surface area contributed by atoms with Crippen LogP contribution in [0.25, 0.3) is 0 Å². The zero-order valence-corrected chi connectivity index (χ0v) is 12.4. The normalized spacial score (nSPS) is 30.6. The predicted octanol–water partition coefficient (Wildman–Crippen LogP) is 0.0174. The van der Waals surface area contributed by atoms with Crippen LogP contribution in [0, 0.1) is 0 Å². The molecule has 5 nitrogen and oxygen atoms in total. The van der Waals surface area contributed by atoms with Crippen molar-refractivity contribution in [2.75, 3.05) is 65.6 Å². The molecule has 0 amide bonds. The van der Waals surface area contributed by atoms with Crippen LogP contribution < -0.4 is 5.32 Å². The van der Waals surface area contributed by atoms with E-state index < -0.39 is 0 Å². The van der Waals surface area contributed by atoms with Gasteiger partial charge in [-0.1, -0.05) is 13.8 Å². The number of hydrogen-bond donors (Lipinski definition) is 1. The second kappa shape index (κ2) is 8.17. The van der Waals surface area contributed by atoms with Crippen LogP contribution in [0.4, 0.5) is 0 Å². The molecule has 2 heterocycles. The molecule has 2 fully saturated rings. The Morgan fingerprint density at radius 2 is 1.37 bits per heavy atom. The van der Waals surface area contributed by atoms with Crippen LogP contribution in [0.2, 0.25) is 0 Å². The van der Waals surface area contributed by atoms with E-state index in [1.54, 1.807) is 0 Å². The minimum atomic E-state index is 0.333. The maximum Gasteiger partial charge on any atom is 0.0826 e. The molecular formula is C14H29N3O2. The second-order valence-electron chi connectivity index (χ2n) is 5.43. The number of ether oxygens (including phenoxy) is 2. The van der Waals surface area contributed by atoms with Gasteiger partial charge in [-0.05, 0) is 13.1 Å². The molecule has 0 aromatic heterocycles. The Balaban J connectivity index is 1.60. The lowest BCUT2D eigenvalue weighted by atomic mass is 10.2. The van der Waals surface area contributed by atoms with Crippen molar-refractivity contribution in [3.05, 3.63) is 0 Å². The van der Waals surface area contributed by atoms with Gasteiger partial charge in [-0.3, -0.25) is 9.80 Å². The van der Waals surface area contributed by atoms with Crippen molar-refractivity contribution < 1.29 is 9.47 Å². The van der Waals surface area contributed by atoms with Crippen LogP contribution in [0.3, 0.4) is 0 Å². The summed E-state index contributed by atoms with van der Waals surface area (Å²) in [7, 11) is 0. The Morgan fingerprint density at radius 1 is 0.895 bits per heavy atom. The van der Waals surface area contributed by atoms with Crippen molar-refractivity contribution in [1.82, 2.24) is 15.1 Å². The van der Waals surface area contributed by atoms with Crippen molar-refractivity contribution in [3.63, 3.8) is 0 Å². The molecule has 2 aliphatic heterocycles. The Labute approximate surface area is 117 Å². The smallest absolute Gasteiger partial charge is 0.0826 e. The maximum atomic E-state index is 5.79. The van der Waals surface area contributed by atoms with E-state index in [4.69, 9.17) is 9.47 Å². The molecule has 2 unspecified atom stereocenters. The Morgan fingerprint density at radius 3 is 1.79 bits per heavy atom. The highest BCUT2D eigenvalue weighted by molar-refractivity contribution is 4.76. The number of morpholine rings is 2. The molecule has 19 heavy (non-hydrogen) atoms. The number of nitrogens with one attached hydrogen (secondary N) is 1. The molecule has 1 N–H and O–H groups in total. The second-order valence-corrected chi connectivity index (χ2v) is 5.43. The summed E-state index contributed by atoms with van der Waals surface area (Å²) in [6.07, 6.45) is 0.666. The molecule has 0 aromatic carbocycles. The first-order valence-corrected chi connectivity index (χ1v) is 7.70. The van der Waals surface area contributed by atoms with Gasteiger partial charge in [0.05, 0.1) is 25.4 Å². The Kier molecular flexibility index (Phi) is 6.53. The van der Waals surface area contributed by atoms with Gasteiger partial charge in [-0.2, -0.15) is 0 Å². The molecule has 2 rings (SSSR count). The number of hydrogen-bond acceptors (Lipinski definition) is 5. The van der Waals surface area contributed by atoms with E-state index in [2.05, 4.69) is 29.0 Å². The van der Waals surface area contributed by atoms with E-state index >= 15 is 0 Å². The summed E-state index contributed by atoms with van der Waals surface area (Å²) in [5.41, 5.74) is 0. The summed E-state index contributed by atoms with van der Waals surface area (Å²) >= 11 is 0. The summed E-state index contributed by atoms with van der Waals surface area (Å²) in [4.78, 5) is 4.90. The lowest BCUT2D eigenvalue weighted by Gasteiger charge is -2.34. The first-order chi connectivity index (χ1) is 9.31. The van der Waals surface area contributed by atoms with Gasteiger partial charge in [-0.15, -0.1) is 0 Å². The van der Waals surface area contributed by atoms with E-state index in [0.29, 0.717) is 12.2 Å². The Hall–Kier alpha value is -0.200.